The molecule has 3 fully saturated rings. The maximum Gasteiger partial charge on any atom is 0.245 e. The first-order valence-electron chi connectivity index (χ1n) is 10.9. The van der Waals surface area contributed by atoms with E-state index in [0.29, 0.717) is 42.6 Å². The Hall–Kier alpha value is -1.05. The van der Waals surface area contributed by atoms with Crippen molar-refractivity contribution in [2.24, 2.45) is 5.41 Å². The number of rotatable bonds is 6. The molecule has 0 bridgehead atoms. The highest BCUT2D eigenvalue weighted by Crippen LogP contribution is 2.53. The molecule has 1 saturated carbocycles. The molecule has 2 aliphatic heterocycles. The number of piperazine rings is 1. The van der Waals surface area contributed by atoms with Crippen LogP contribution in [-0.4, -0.2) is 83.4 Å². The molecule has 1 aromatic carbocycles. The number of aliphatic hydroxyl groups excluding tert-OH is 2. The normalized spacial score (nSPS) is 27.6. The molecular weight excluding hydrogens is 425 g/mol. The van der Waals surface area contributed by atoms with Gasteiger partial charge in [0, 0.05) is 38.4 Å². The van der Waals surface area contributed by atoms with Gasteiger partial charge in [0.2, 0.25) is 5.91 Å². The Kier molecular flexibility index (Phi) is 6.52. The van der Waals surface area contributed by atoms with E-state index >= 15 is 0 Å². The Labute approximate surface area is 188 Å². The molecule has 1 aromatic rings. The zero-order valence-corrected chi connectivity index (χ0v) is 18.9. The number of nitrogens with zero attached hydrogens (tertiary/aromatic N) is 3. The summed E-state index contributed by atoms with van der Waals surface area (Å²) in [5, 5.41) is 21.8. The number of amides is 1. The lowest BCUT2D eigenvalue weighted by molar-refractivity contribution is -0.135. The van der Waals surface area contributed by atoms with Gasteiger partial charge in [0.25, 0.3) is 0 Å². The summed E-state index contributed by atoms with van der Waals surface area (Å²) in [6.45, 7) is 5.91. The third-order valence-corrected chi connectivity index (χ3v) is 7.89. The topological polar surface area (TPSA) is 67.2 Å². The zero-order valence-electron chi connectivity index (χ0n) is 17.4. The number of carbonyl (C=O) groups is 1. The van der Waals surface area contributed by atoms with Gasteiger partial charge in [-0.25, -0.2) is 0 Å². The van der Waals surface area contributed by atoms with Crippen molar-refractivity contribution < 1.29 is 15.0 Å². The second kappa shape index (κ2) is 8.83. The van der Waals surface area contributed by atoms with Gasteiger partial charge in [0.15, 0.2) is 0 Å². The Morgan fingerprint density at radius 1 is 1.17 bits per heavy atom. The molecule has 0 unspecified atom stereocenters. The average Bonchev–Trinajstić information content (AvgIpc) is 3.50. The summed E-state index contributed by atoms with van der Waals surface area (Å²) >= 11 is 12.1. The van der Waals surface area contributed by atoms with Crippen LogP contribution in [0, 0.1) is 5.41 Å². The third-order valence-electron chi connectivity index (χ3n) is 7.15. The molecule has 6 nitrogen and oxygen atoms in total. The van der Waals surface area contributed by atoms with E-state index in [-0.39, 0.29) is 23.5 Å². The highest BCUT2D eigenvalue weighted by Gasteiger charge is 2.51. The van der Waals surface area contributed by atoms with Crippen molar-refractivity contribution in [3.63, 3.8) is 0 Å². The molecular formula is C22H31Cl2N3O3. The molecule has 30 heavy (non-hydrogen) atoms. The van der Waals surface area contributed by atoms with Gasteiger partial charge in [-0.05, 0) is 62.8 Å². The predicted octanol–water partition coefficient (Wildman–Crippen LogP) is 2.63. The monoisotopic (exact) mass is 455 g/mol. The van der Waals surface area contributed by atoms with Crippen LogP contribution in [0.25, 0.3) is 0 Å². The number of hydrogen-bond donors (Lipinski definition) is 2. The third kappa shape index (κ3) is 4.58. The Morgan fingerprint density at radius 3 is 2.60 bits per heavy atom. The van der Waals surface area contributed by atoms with Gasteiger partial charge in [0.1, 0.15) is 6.04 Å². The molecule has 2 heterocycles. The SMILES string of the molecule is C[C@H]1C(=O)N(C[C@@H](O)CCN2CCC3(CC3)[C@H](O)C2)CCN1c1ccc(Cl)c(Cl)c1. The van der Waals surface area contributed by atoms with Crippen molar-refractivity contribution >= 4 is 34.8 Å². The second-order valence-corrected chi connectivity index (χ2v) is 9.94. The molecule has 8 heteroatoms. The van der Waals surface area contributed by atoms with Crippen LogP contribution in [0.1, 0.15) is 32.6 Å². The number of aliphatic hydroxyl groups is 2. The number of piperidine rings is 1. The van der Waals surface area contributed by atoms with E-state index in [4.69, 9.17) is 23.2 Å². The molecule has 1 aliphatic carbocycles. The van der Waals surface area contributed by atoms with Gasteiger partial charge in [0.05, 0.1) is 22.3 Å². The van der Waals surface area contributed by atoms with Gasteiger partial charge < -0.3 is 24.9 Å². The number of likely N-dealkylation sites (tertiary alicyclic amines) is 1. The van der Waals surface area contributed by atoms with Crippen LogP contribution in [0.15, 0.2) is 18.2 Å². The van der Waals surface area contributed by atoms with Gasteiger partial charge in [-0.1, -0.05) is 23.2 Å². The largest absolute Gasteiger partial charge is 0.391 e. The Balaban J connectivity index is 1.26. The molecule has 1 amide bonds. The fraction of sp³-hybridized carbons (Fsp3) is 0.682. The molecule has 1 spiro atoms. The standard InChI is InChI=1S/C22H31Cl2N3O3/c1-15-21(30)26(10-11-27(15)16-2-3-18(23)19(24)12-16)13-17(28)4-8-25-9-7-22(5-6-22)20(29)14-25/h2-3,12,15,17,20,28-29H,4-11,13-14H2,1H3/t15-,17-,20+/m0/s1. The minimum atomic E-state index is -0.563. The van der Waals surface area contributed by atoms with E-state index in [0.717, 1.165) is 38.0 Å². The van der Waals surface area contributed by atoms with E-state index in [1.54, 1.807) is 17.0 Å². The number of β-amino-alcohol motifs (C(OH)–C–C–N with tert-alkyl or cyclic N) is 2. The number of halogens is 2. The van der Waals surface area contributed by atoms with Crippen LogP contribution in [-0.2, 0) is 4.79 Å². The number of benzene rings is 1. The molecule has 2 N–H and O–H groups in total. The maximum absolute atomic E-state index is 12.9. The van der Waals surface area contributed by atoms with Crippen LogP contribution < -0.4 is 4.90 Å². The highest BCUT2D eigenvalue weighted by molar-refractivity contribution is 6.42. The fourth-order valence-electron chi connectivity index (χ4n) is 4.83. The van der Waals surface area contributed by atoms with E-state index in [9.17, 15) is 15.0 Å². The highest BCUT2D eigenvalue weighted by atomic mass is 35.5. The van der Waals surface area contributed by atoms with Crippen LogP contribution in [0.2, 0.25) is 10.0 Å². The van der Waals surface area contributed by atoms with Crippen molar-refractivity contribution in [3.05, 3.63) is 28.2 Å². The quantitative estimate of drug-likeness (QED) is 0.689. The molecule has 3 atom stereocenters. The smallest absolute Gasteiger partial charge is 0.245 e. The summed E-state index contributed by atoms with van der Waals surface area (Å²) in [6, 6.07) is 5.09. The Bertz CT molecular complexity index is 789. The predicted molar refractivity (Wildman–Crippen MR) is 119 cm³/mol. The molecule has 166 valence electrons. The molecule has 3 aliphatic rings. The lowest BCUT2D eigenvalue weighted by Crippen LogP contribution is -2.57. The lowest BCUT2D eigenvalue weighted by Gasteiger charge is -2.41. The summed E-state index contributed by atoms with van der Waals surface area (Å²) in [4.78, 5) is 18.9. The molecule has 4 rings (SSSR count). The summed E-state index contributed by atoms with van der Waals surface area (Å²) in [7, 11) is 0. The lowest BCUT2D eigenvalue weighted by atomic mass is 9.90. The van der Waals surface area contributed by atoms with E-state index in [1.807, 2.05) is 17.9 Å². The molecule has 2 saturated heterocycles. The summed E-state index contributed by atoms with van der Waals surface area (Å²) in [5.74, 6) is 0.00967. The minimum absolute atomic E-state index is 0.00967. The van der Waals surface area contributed by atoms with Crippen LogP contribution in [0.5, 0.6) is 0 Å². The molecule has 0 radical (unpaired) electrons. The van der Waals surface area contributed by atoms with Gasteiger partial charge in [-0.3, -0.25) is 4.79 Å². The first-order chi connectivity index (χ1) is 14.3. The summed E-state index contributed by atoms with van der Waals surface area (Å²) in [6.07, 6.45) is 3.16. The van der Waals surface area contributed by atoms with Crippen molar-refractivity contribution in [2.75, 3.05) is 44.2 Å². The number of carbonyl (C=O) groups excluding carboxylic acids is 1. The van der Waals surface area contributed by atoms with Crippen molar-refractivity contribution in [2.45, 2.75) is 50.9 Å². The summed E-state index contributed by atoms with van der Waals surface area (Å²) in [5.41, 5.74) is 1.08. The van der Waals surface area contributed by atoms with Crippen molar-refractivity contribution in [3.8, 4) is 0 Å². The fourth-order valence-corrected chi connectivity index (χ4v) is 5.12. The van der Waals surface area contributed by atoms with E-state index in [2.05, 4.69) is 4.90 Å². The average molecular weight is 456 g/mol. The van der Waals surface area contributed by atoms with E-state index < -0.39 is 6.10 Å². The van der Waals surface area contributed by atoms with Crippen LogP contribution in [0.4, 0.5) is 5.69 Å². The van der Waals surface area contributed by atoms with Gasteiger partial charge in [-0.15, -0.1) is 0 Å². The Morgan fingerprint density at radius 2 is 1.93 bits per heavy atom. The zero-order chi connectivity index (χ0) is 21.5. The first-order valence-corrected chi connectivity index (χ1v) is 11.6. The van der Waals surface area contributed by atoms with Crippen molar-refractivity contribution in [1.82, 2.24) is 9.80 Å². The van der Waals surface area contributed by atoms with Crippen LogP contribution in [0.3, 0.4) is 0 Å². The number of anilines is 1. The van der Waals surface area contributed by atoms with Crippen molar-refractivity contribution in [1.29, 1.82) is 0 Å². The minimum Gasteiger partial charge on any atom is -0.391 e. The summed E-state index contributed by atoms with van der Waals surface area (Å²) < 4.78 is 0. The number of hydrogen-bond acceptors (Lipinski definition) is 5. The van der Waals surface area contributed by atoms with Gasteiger partial charge >= 0.3 is 0 Å². The first kappa shape index (κ1) is 22.2. The van der Waals surface area contributed by atoms with E-state index in [1.165, 1.54) is 0 Å². The second-order valence-electron chi connectivity index (χ2n) is 9.12. The maximum atomic E-state index is 12.9. The molecule has 0 aromatic heterocycles. The van der Waals surface area contributed by atoms with Crippen LogP contribution >= 0.6 is 23.2 Å². The van der Waals surface area contributed by atoms with Gasteiger partial charge in [-0.2, -0.15) is 0 Å².